The SMILES string of the molecule is Cc1cccc(NCC2Cc3ccccc3O2)c1[N+](=O)[O-]. The lowest BCUT2D eigenvalue weighted by atomic mass is 10.1. The second-order valence-electron chi connectivity index (χ2n) is 5.16. The van der Waals surface area contributed by atoms with Crippen molar-refractivity contribution in [1.82, 2.24) is 0 Å². The van der Waals surface area contributed by atoms with E-state index in [1.165, 1.54) is 5.56 Å². The molecule has 1 heterocycles. The van der Waals surface area contributed by atoms with Gasteiger partial charge in [-0.25, -0.2) is 0 Å². The Hall–Kier alpha value is -2.56. The molecule has 2 aromatic rings. The first kappa shape index (κ1) is 13.4. The number of aryl methyl sites for hydroxylation is 1. The van der Waals surface area contributed by atoms with Gasteiger partial charge in [0, 0.05) is 12.0 Å². The van der Waals surface area contributed by atoms with E-state index < -0.39 is 0 Å². The third-order valence-electron chi connectivity index (χ3n) is 3.65. The van der Waals surface area contributed by atoms with Crippen LogP contribution >= 0.6 is 0 Å². The van der Waals surface area contributed by atoms with E-state index in [2.05, 4.69) is 5.32 Å². The van der Waals surface area contributed by atoms with E-state index in [0.717, 1.165) is 12.2 Å². The first-order valence-electron chi connectivity index (χ1n) is 6.87. The Labute approximate surface area is 122 Å². The highest BCUT2D eigenvalue weighted by atomic mass is 16.6. The number of hydrogen-bond acceptors (Lipinski definition) is 4. The van der Waals surface area contributed by atoms with E-state index in [1.807, 2.05) is 30.3 Å². The molecular weight excluding hydrogens is 268 g/mol. The minimum absolute atomic E-state index is 0.00233. The summed E-state index contributed by atoms with van der Waals surface area (Å²) in [6, 6.07) is 13.2. The summed E-state index contributed by atoms with van der Waals surface area (Å²) in [5, 5.41) is 14.3. The van der Waals surface area contributed by atoms with Crippen molar-refractivity contribution in [3.63, 3.8) is 0 Å². The number of hydrogen-bond donors (Lipinski definition) is 1. The minimum atomic E-state index is -0.345. The Bertz CT molecular complexity index is 660. The Morgan fingerprint density at radius 3 is 2.86 bits per heavy atom. The summed E-state index contributed by atoms with van der Waals surface area (Å²) in [6.07, 6.45) is 0.825. The molecule has 1 atom stereocenters. The van der Waals surface area contributed by atoms with Gasteiger partial charge in [0.25, 0.3) is 5.69 Å². The number of anilines is 1. The lowest BCUT2D eigenvalue weighted by Gasteiger charge is -2.13. The van der Waals surface area contributed by atoms with Gasteiger partial charge in [-0.05, 0) is 24.6 Å². The zero-order valence-corrected chi connectivity index (χ0v) is 11.7. The van der Waals surface area contributed by atoms with E-state index in [-0.39, 0.29) is 16.7 Å². The van der Waals surface area contributed by atoms with Crippen molar-refractivity contribution >= 4 is 11.4 Å². The predicted octanol–water partition coefficient (Wildman–Crippen LogP) is 3.32. The molecule has 1 aliphatic rings. The van der Waals surface area contributed by atoms with Crippen LogP contribution < -0.4 is 10.1 Å². The molecule has 0 radical (unpaired) electrons. The van der Waals surface area contributed by atoms with Crippen LogP contribution in [0.25, 0.3) is 0 Å². The fourth-order valence-electron chi connectivity index (χ4n) is 2.64. The van der Waals surface area contributed by atoms with E-state index in [9.17, 15) is 10.1 Å². The summed E-state index contributed by atoms with van der Waals surface area (Å²) >= 11 is 0. The number of rotatable bonds is 4. The van der Waals surface area contributed by atoms with Crippen LogP contribution in [0.1, 0.15) is 11.1 Å². The van der Waals surface area contributed by atoms with Crippen LogP contribution in [0.3, 0.4) is 0 Å². The highest BCUT2D eigenvalue weighted by Crippen LogP contribution is 2.30. The highest BCUT2D eigenvalue weighted by Gasteiger charge is 2.23. The van der Waals surface area contributed by atoms with E-state index in [0.29, 0.717) is 17.8 Å². The molecule has 5 nitrogen and oxygen atoms in total. The fourth-order valence-corrected chi connectivity index (χ4v) is 2.64. The third kappa shape index (κ3) is 2.67. The maximum Gasteiger partial charge on any atom is 0.295 e. The first-order valence-corrected chi connectivity index (χ1v) is 6.87. The molecule has 0 aromatic heterocycles. The van der Waals surface area contributed by atoms with Crippen LogP contribution in [-0.4, -0.2) is 17.6 Å². The molecule has 0 saturated heterocycles. The molecule has 108 valence electrons. The molecule has 1 N–H and O–H groups in total. The van der Waals surface area contributed by atoms with Crippen molar-refractivity contribution < 1.29 is 9.66 Å². The average Bonchev–Trinajstić information content (AvgIpc) is 2.87. The molecule has 0 bridgehead atoms. The maximum absolute atomic E-state index is 11.2. The van der Waals surface area contributed by atoms with E-state index >= 15 is 0 Å². The molecule has 3 rings (SSSR count). The standard InChI is InChI=1S/C16H16N2O3/c1-11-5-4-7-14(16(11)18(19)20)17-10-13-9-12-6-2-3-8-15(12)21-13/h2-8,13,17H,9-10H2,1H3. The quantitative estimate of drug-likeness (QED) is 0.691. The van der Waals surface area contributed by atoms with Crippen molar-refractivity contribution in [2.24, 2.45) is 0 Å². The zero-order valence-electron chi connectivity index (χ0n) is 11.7. The molecule has 1 unspecified atom stereocenters. The minimum Gasteiger partial charge on any atom is -0.488 e. The molecule has 0 amide bonds. The second kappa shape index (κ2) is 5.44. The van der Waals surface area contributed by atoms with Gasteiger partial charge in [0.15, 0.2) is 0 Å². The van der Waals surface area contributed by atoms with Gasteiger partial charge in [-0.3, -0.25) is 10.1 Å². The first-order chi connectivity index (χ1) is 10.1. The third-order valence-corrected chi connectivity index (χ3v) is 3.65. The van der Waals surface area contributed by atoms with Crippen LogP contribution in [0.5, 0.6) is 5.75 Å². The number of para-hydroxylation sites is 2. The summed E-state index contributed by atoms with van der Waals surface area (Å²) in [4.78, 5) is 10.8. The summed E-state index contributed by atoms with van der Waals surface area (Å²) in [5.41, 5.74) is 2.51. The number of nitrogens with one attached hydrogen (secondary N) is 1. The Kier molecular flexibility index (Phi) is 3.48. The summed E-state index contributed by atoms with van der Waals surface area (Å²) in [7, 11) is 0. The van der Waals surface area contributed by atoms with Crippen LogP contribution in [0, 0.1) is 17.0 Å². The van der Waals surface area contributed by atoms with Crippen LogP contribution in [0.4, 0.5) is 11.4 Å². The summed E-state index contributed by atoms with van der Waals surface area (Å²) in [5.74, 6) is 0.906. The van der Waals surface area contributed by atoms with Crippen molar-refractivity contribution in [2.75, 3.05) is 11.9 Å². The number of ether oxygens (including phenoxy) is 1. The van der Waals surface area contributed by atoms with Gasteiger partial charge in [0.2, 0.25) is 0 Å². The van der Waals surface area contributed by atoms with Crippen molar-refractivity contribution in [3.05, 3.63) is 63.7 Å². The molecule has 0 spiro atoms. The van der Waals surface area contributed by atoms with Crippen LogP contribution in [0.15, 0.2) is 42.5 Å². The lowest BCUT2D eigenvalue weighted by molar-refractivity contribution is -0.384. The number of fused-ring (bicyclic) bond motifs is 1. The zero-order chi connectivity index (χ0) is 14.8. The number of nitro groups is 1. The lowest BCUT2D eigenvalue weighted by Crippen LogP contribution is -2.24. The fraction of sp³-hybridized carbons (Fsp3) is 0.250. The molecule has 0 saturated carbocycles. The molecule has 5 heteroatoms. The normalized spacial score (nSPS) is 16.1. The largest absolute Gasteiger partial charge is 0.488 e. The van der Waals surface area contributed by atoms with Gasteiger partial charge < -0.3 is 10.1 Å². The number of nitrogens with zero attached hydrogens (tertiary/aromatic N) is 1. The molecule has 1 aliphatic heterocycles. The average molecular weight is 284 g/mol. The van der Waals surface area contributed by atoms with Crippen LogP contribution in [0.2, 0.25) is 0 Å². The van der Waals surface area contributed by atoms with Gasteiger partial charge in [-0.15, -0.1) is 0 Å². The van der Waals surface area contributed by atoms with E-state index in [1.54, 1.807) is 19.1 Å². The molecule has 0 aliphatic carbocycles. The molecule has 2 aromatic carbocycles. The summed E-state index contributed by atoms with van der Waals surface area (Å²) in [6.45, 7) is 2.28. The van der Waals surface area contributed by atoms with Gasteiger partial charge in [-0.1, -0.05) is 30.3 Å². The molecule has 21 heavy (non-hydrogen) atoms. The molecular formula is C16H16N2O3. The highest BCUT2D eigenvalue weighted by molar-refractivity contribution is 5.65. The van der Waals surface area contributed by atoms with Gasteiger partial charge in [0.05, 0.1) is 11.5 Å². The Morgan fingerprint density at radius 1 is 1.29 bits per heavy atom. The number of benzene rings is 2. The van der Waals surface area contributed by atoms with Crippen molar-refractivity contribution in [2.45, 2.75) is 19.4 Å². The van der Waals surface area contributed by atoms with Crippen molar-refractivity contribution in [1.29, 1.82) is 0 Å². The predicted molar refractivity (Wildman–Crippen MR) is 80.9 cm³/mol. The van der Waals surface area contributed by atoms with Crippen LogP contribution in [-0.2, 0) is 6.42 Å². The second-order valence-corrected chi connectivity index (χ2v) is 5.16. The molecule has 0 fully saturated rings. The van der Waals surface area contributed by atoms with Gasteiger partial charge >= 0.3 is 0 Å². The number of nitro benzene ring substituents is 1. The monoisotopic (exact) mass is 284 g/mol. The topological polar surface area (TPSA) is 64.4 Å². The smallest absolute Gasteiger partial charge is 0.295 e. The Morgan fingerprint density at radius 2 is 2.10 bits per heavy atom. The summed E-state index contributed by atoms with van der Waals surface area (Å²) < 4.78 is 5.83. The van der Waals surface area contributed by atoms with Crippen molar-refractivity contribution in [3.8, 4) is 5.75 Å². The van der Waals surface area contributed by atoms with Gasteiger partial charge in [0.1, 0.15) is 17.5 Å². The van der Waals surface area contributed by atoms with E-state index in [4.69, 9.17) is 4.74 Å². The maximum atomic E-state index is 11.2. The van der Waals surface area contributed by atoms with Gasteiger partial charge in [-0.2, -0.15) is 0 Å². The Balaban J connectivity index is 1.70.